The van der Waals surface area contributed by atoms with E-state index in [1.807, 2.05) is 24.3 Å². The molecule has 0 aliphatic carbocycles. The van der Waals surface area contributed by atoms with E-state index in [-0.39, 0.29) is 0 Å². The minimum atomic E-state index is 0.372. The second kappa shape index (κ2) is 12.9. The van der Waals surface area contributed by atoms with Crippen LogP contribution < -0.4 is 4.74 Å². The lowest BCUT2D eigenvalue weighted by atomic mass is 10.2. The van der Waals surface area contributed by atoms with Crippen molar-refractivity contribution in [1.82, 2.24) is 0 Å². The van der Waals surface area contributed by atoms with Crippen LogP contribution >= 0.6 is 0 Å². The van der Waals surface area contributed by atoms with Crippen LogP contribution in [0.2, 0.25) is 0 Å². The van der Waals surface area contributed by atoms with Crippen LogP contribution in [0.3, 0.4) is 0 Å². The standard InChI is InChI=1S/C15H23N3O4/c1-19-15-5-3-14(4-6-15)13-22-12-11-21-9-2-8-20-10-7-17-18-16/h3-6H,2,7-13H2,1H3. The number of ether oxygens (including phenoxy) is 4. The molecule has 0 radical (unpaired) electrons. The van der Waals surface area contributed by atoms with E-state index >= 15 is 0 Å². The fraction of sp³-hybridized carbons (Fsp3) is 0.600. The van der Waals surface area contributed by atoms with Crippen molar-refractivity contribution in [3.05, 3.63) is 40.3 Å². The van der Waals surface area contributed by atoms with E-state index < -0.39 is 0 Å². The Labute approximate surface area is 130 Å². The summed E-state index contributed by atoms with van der Waals surface area (Å²) < 4.78 is 21.3. The highest BCUT2D eigenvalue weighted by atomic mass is 16.5. The largest absolute Gasteiger partial charge is 0.497 e. The topological polar surface area (TPSA) is 85.7 Å². The number of nitrogens with zero attached hydrogens (tertiary/aromatic N) is 3. The Morgan fingerprint density at radius 2 is 1.64 bits per heavy atom. The Kier molecular flexibility index (Phi) is 10.7. The van der Waals surface area contributed by atoms with Gasteiger partial charge < -0.3 is 18.9 Å². The third-order valence-electron chi connectivity index (χ3n) is 2.78. The van der Waals surface area contributed by atoms with Crippen molar-refractivity contribution in [3.8, 4) is 5.75 Å². The van der Waals surface area contributed by atoms with Gasteiger partial charge in [-0.2, -0.15) is 0 Å². The van der Waals surface area contributed by atoms with Crippen molar-refractivity contribution >= 4 is 0 Å². The van der Waals surface area contributed by atoms with Gasteiger partial charge in [0, 0.05) is 24.7 Å². The average molecular weight is 309 g/mol. The zero-order chi connectivity index (χ0) is 15.9. The first-order valence-corrected chi connectivity index (χ1v) is 7.24. The molecule has 0 fully saturated rings. The van der Waals surface area contributed by atoms with E-state index in [1.165, 1.54) is 0 Å². The molecule has 0 aromatic heterocycles. The van der Waals surface area contributed by atoms with Gasteiger partial charge in [0.05, 0.1) is 33.5 Å². The van der Waals surface area contributed by atoms with E-state index in [0.717, 1.165) is 17.7 Å². The predicted octanol–water partition coefficient (Wildman–Crippen LogP) is 2.95. The van der Waals surface area contributed by atoms with Crippen LogP contribution in [0.1, 0.15) is 12.0 Å². The number of rotatable bonds is 13. The third kappa shape index (κ3) is 9.20. The summed E-state index contributed by atoms with van der Waals surface area (Å²) in [5, 5.41) is 3.37. The van der Waals surface area contributed by atoms with Crippen LogP contribution in [0.25, 0.3) is 10.4 Å². The number of azide groups is 1. The smallest absolute Gasteiger partial charge is 0.118 e. The van der Waals surface area contributed by atoms with Gasteiger partial charge in [-0.05, 0) is 29.6 Å². The van der Waals surface area contributed by atoms with Gasteiger partial charge in [0.25, 0.3) is 0 Å². The molecule has 0 spiro atoms. The molecule has 1 rings (SSSR count). The molecule has 7 heteroatoms. The van der Waals surface area contributed by atoms with Crippen molar-refractivity contribution in [1.29, 1.82) is 0 Å². The molecule has 0 heterocycles. The summed E-state index contributed by atoms with van der Waals surface area (Å²) in [5.74, 6) is 0.841. The van der Waals surface area contributed by atoms with E-state index in [4.69, 9.17) is 24.5 Å². The van der Waals surface area contributed by atoms with Crippen molar-refractivity contribution in [2.45, 2.75) is 13.0 Å². The van der Waals surface area contributed by atoms with Crippen LogP contribution in [0.4, 0.5) is 0 Å². The molecule has 0 aliphatic rings. The summed E-state index contributed by atoms with van der Waals surface area (Å²) in [4.78, 5) is 2.64. The number of hydrogen-bond acceptors (Lipinski definition) is 5. The monoisotopic (exact) mass is 309 g/mol. The van der Waals surface area contributed by atoms with Crippen molar-refractivity contribution < 1.29 is 18.9 Å². The lowest BCUT2D eigenvalue weighted by molar-refractivity contribution is 0.0306. The van der Waals surface area contributed by atoms with Gasteiger partial charge in [-0.3, -0.25) is 0 Å². The van der Waals surface area contributed by atoms with Crippen LogP contribution in [-0.2, 0) is 20.8 Å². The summed E-state index contributed by atoms with van der Waals surface area (Å²) in [6.07, 6.45) is 0.814. The second-order valence-corrected chi connectivity index (χ2v) is 4.43. The highest BCUT2D eigenvalue weighted by Crippen LogP contribution is 2.11. The molecule has 0 N–H and O–H groups in total. The predicted molar refractivity (Wildman–Crippen MR) is 82.9 cm³/mol. The molecule has 0 saturated heterocycles. The molecule has 0 bridgehead atoms. The SMILES string of the molecule is COc1ccc(COCCOCCCOCCN=[N+]=[N-])cc1. The van der Waals surface area contributed by atoms with Gasteiger partial charge in [0.1, 0.15) is 5.75 Å². The average Bonchev–Trinajstić information content (AvgIpc) is 2.56. The zero-order valence-corrected chi connectivity index (χ0v) is 12.9. The van der Waals surface area contributed by atoms with Crippen molar-refractivity contribution in [2.75, 3.05) is 46.7 Å². The zero-order valence-electron chi connectivity index (χ0n) is 12.9. The molecular formula is C15H23N3O4. The Balaban J connectivity index is 1.88. The van der Waals surface area contributed by atoms with Gasteiger partial charge in [0.15, 0.2) is 0 Å². The van der Waals surface area contributed by atoms with Crippen molar-refractivity contribution in [2.24, 2.45) is 5.11 Å². The summed E-state index contributed by atoms with van der Waals surface area (Å²) in [6, 6.07) is 7.79. The van der Waals surface area contributed by atoms with Gasteiger partial charge in [-0.25, -0.2) is 0 Å². The first kappa shape index (κ1) is 18.3. The van der Waals surface area contributed by atoms with E-state index in [1.54, 1.807) is 7.11 Å². The molecule has 0 aliphatic heterocycles. The summed E-state index contributed by atoms with van der Waals surface area (Å²) in [6.45, 7) is 3.75. The highest BCUT2D eigenvalue weighted by Gasteiger charge is 1.95. The normalized spacial score (nSPS) is 10.2. The molecular weight excluding hydrogens is 286 g/mol. The van der Waals surface area contributed by atoms with E-state index in [2.05, 4.69) is 10.0 Å². The second-order valence-electron chi connectivity index (χ2n) is 4.43. The maximum Gasteiger partial charge on any atom is 0.118 e. The third-order valence-corrected chi connectivity index (χ3v) is 2.78. The Bertz CT molecular complexity index is 433. The quantitative estimate of drug-likeness (QED) is 0.243. The summed E-state index contributed by atoms with van der Waals surface area (Å²) in [5.41, 5.74) is 9.18. The molecule has 122 valence electrons. The molecule has 0 unspecified atom stereocenters. The minimum Gasteiger partial charge on any atom is -0.497 e. The van der Waals surface area contributed by atoms with Gasteiger partial charge in [-0.1, -0.05) is 17.2 Å². The van der Waals surface area contributed by atoms with Gasteiger partial charge in [-0.15, -0.1) is 0 Å². The highest BCUT2D eigenvalue weighted by molar-refractivity contribution is 5.26. The van der Waals surface area contributed by atoms with Gasteiger partial charge >= 0.3 is 0 Å². The maximum absolute atomic E-state index is 8.07. The first-order chi connectivity index (χ1) is 10.9. The fourth-order valence-corrected chi connectivity index (χ4v) is 1.65. The first-order valence-electron chi connectivity index (χ1n) is 7.24. The molecule has 7 nitrogen and oxygen atoms in total. The molecule has 0 atom stereocenters. The fourth-order valence-electron chi connectivity index (χ4n) is 1.65. The van der Waals surface area contributed by atoms with Gasteiger partial charge in [0.2, 0.25) is 0 Å². The molecule has 0 amide bonds. The number of hydrogen-bond donors (Lipinski definition) is 0. The molecule has 1 aromatic rings. The van der Waals surface area contributed by atoms with E-state index in [9.17, 15) is 0 Å². The summed E-state index contributed by atoms with van der Waals surface area (Å²) in [7, 11) is 1.65. The van der Waals surface area contributed by atoms with Crippen LogP contribution in [0.5, 0.6) is 5.75 Å². The Hall–Kier alpha value is -1.79. The number of benzene rings is 1. The molecule has 22 heavy (non-hydrogen) atoms. The Morgan fingerprint density at radius 3 is 2.32 bits per heavy atom. The summed E-state index contributed by atoms with van der Waals surface area (Å²) >= 11 is 0. The van der Waals surface area contributed by atoms with Crippen LogP contribution in [0.15, 0.2) is 29.4 Å². The lowest BCUT2D eigenvalue weighted by Gasteiger charge is -2.07. The van der Waals surface area contributed by atoms with Crippen LogP contribution in [0, 0.1) is 0 Å². The molecule has 1 aromatic carbocycles. The molecule has 0 saturated carbocycles. The van der Waals surface area contributed by atoms with E-state index in [0.29, 0.717) is 46.2 Å². The van der Waals surface area contributed by atoms with Crippen molar-refractivity contribution in [3.63, 3.8) is 0 Å². The lowest BCUT2D eigenvalue weighted by Crippen LogP contribution is -2.08. The maximum atomic E-state index is 8.07. The minimum absolute atomic E-state index is 0.372. The Morgan fingerprint density at radius 1 is 0.955 bits per heavy atom. The number of methoxy groups -OCH3 is 1. The van der Waals surface area contributed by atoms with Crippen LogP contribution in [-0.4, -0.2) is 46.7 Å².